The zero-order valence-corrected chi connectivity index (χ0v) is 75.9. The third-order valence-electron chi connectivity index (χ3n) is 24.4. The molecular weight excluding hydrogens is 1820 g/mol. The molecule has 632 valence electrons. The summed E-state index contributed by atoms with van der Waals surface area (Å²) in [5, 5.41) is 0. The number of hydrogen-bond acceptors (Lipinski definition) is 20. The van der Waals surface area contributed by atoms with Crippen molar-refractivity contribution in [1.82, 2.24) is 19.9 Å². The summed E-state index contributed by atoms with van der Waals surface area (Å²) in [6, 6.07) is 43.4. The van der Waals surface area contributed by atoms with Crippen molar-refractivity contribution >= 4 is 123 Å². The highest BCUT2D eigenvalue weighted by atomic mass is 127. The van der Waals surface area contributed by atoms with Crippen molar-refractivity contribution in [2.45, 2.75) is 184 Å². The summed E-state index contributed by atoms with van der Waals surface area (Å²) in [5.41, 5.74) is 22.7. The number of anilines is 5. The van der Waals surface area contributed by atoms with Crippen LogP contribution in [0.5, 0.6) is 11.5 Å². The van der Waals surface area contributed by atoms with Gasteiger partial charge in [0.15, 0.2) is 5.84 Å². The molecular formula is C90H104Br2F3IN12O8S3. The molecule has 2 N–H and O–H groups in total. The van der Waals surface area contributed by atoms with Crippen molar-refractivity contribution < 1.29 is 46.4 Å². The molecule has 7 aromatic carbocycles. The number of amidine groups is 1. The minimum Gasteiger partial charge on any atom is -0.497 e. The van der Waals surface area contributed by atoms with Crippen LogP contribution < -0.4 is 39.7 Å². The fourth-order valence-corrected chi connectivity index (χ4v) is 21.1. The van der Waals surface area contributed by atoms with Gasteiger partial charge in [0.05, 0.1) is 51.1 Å². The van der Waals surface area contributed by atoms with Gasteiger partial charge in [0, 0.05) is 84.9 Å². The molecule has 2 fully saturated rings. The number of nitrogens with zero attached hydrogens (tertiary/aromatic N) is 11. The monoisotopic (exact) mass is 1920 g/mol. The van der Waals surface area contributed by atoms with E-state index in [9.17, 15) is 36.9 Å². The maximum absolute atomic E-state index is 13.8. The number of benzene rings is 7. The van der Waals surface area contributed by atoms with E-state index >= 15 is 0 Å². The van der Waals surface area contributed by atoms with Crippen LogP contribution in [-0.4, -0.2) is 121 Å². The molecule has 18 rings (SSSR count). The number of rotatable bonds is 13. The molecule has 9 aromatic rings. The Labute approximate surface area is 730 Å². The van der Waals surface area contributed by atoms with Crippen LogP contribution in [0.3, 0.4) is 0 Å². The smallest absolute Gasteiger partial charge is 0.332 e. The van der Waals surface area contributed by atoms with E-state index in [-0.39, 0.29) is 20.1 Å². The van der Waals surface area contributed by atoms with Crippen molar-refractivity contribution in [3.63, 3.8) is 0 Å². The zero-order chi connectivity index (χ0) is 84.2. The fourth-order valence-electron chi connectivity index (χ4n) is 17.0. The molecule has 0 radical (unpaired) electrons. The van der Waals surface area contributed by atoms with E-state index in [1.807, 2.05) is 65.7 Å². The van der Waals surface area contributed by atoms with E-state index in [0.29, 0.717) is 97.7 Å². The molecule has 0 saturated carbocycles. The zero-order valence-electron chi connectivity index (χ0n) is 68.1. The number of piperidine rings is 2. The Kier molecular flexibility index (Phi) is 29.4. The molecule has 9 aliphatic rings. The largest absolute Gasteiger partial charge is 0.497 e. The molecule has 29 heteroatoms. The highest BCUT2D eigenvalue weighted by molar-refractivity contribution is 14.1. The average molecular weight is 1920 g/mol. The lowest BCUT2D eigenvalue weighted by Crippen LogP contribution is -2.42. The Balaban J connectivity index is 0.000000127. The maximum Gasteiger partial charge on any atom is 0.332 e. The molecule has 7 aliphatic heterocycles. The molecule has 2 aliphatic carbocycles. The number of ether oxygens (including phenoxy) is 2. The number of methoxy groups -OCH3 is 2. The molecule has 2 aromatic heterocycles. The molecule has 119 heavy (non-hydrogen) atoms. The van der Waals surface area contributed by atoms with Crippen LogP contribution in [0.25, 0.3) is 0 Å². The van der Waals surface area contributed by atoms with Gasteiger partial charge in [-0.2, -0.15) is 25.3 Å². The molecule has 0 amide bonds. The maximum atomic E-state index is 13.8. The topological polar surface area (TPSA) is 239 Å². The molecule has 20 nitrogen and oxygen atoms in total. The van der Waals surface area contributed by atoms with Crippen LogP contribution in [0.1, 0.15) is 171 Å². The first-order valence-corrected chi connectivity index (χ1v) is 47.9. The Morgan fingerprint density at radius 2 is 0.866 bits per heavy atom. The van der Waals surface area contributed by atoms with E-state index in [2.05, 4.69) is 158 Å². The van der Waals surface area contributed by atoms with E-state index < -0.39 is 30.7 Å². The van der Waals surface area contributed by atoms with Gasteiger partial charge in [-0.05, 0) is 278 Å². The molecule has 0 spiro atoms. The van der Waals surface area contributed by atoms with Gasteiger partial charge in [0.25, 0.3) is 0 Å². The molecule has 0 unspecified atom stereocenters. The van der Waals surface area contributed by atoms with Gasteiger partial charge in [-0.15, -0.1) is 11.7 Å². The van der Waals surface area contributed by atoms with E-state index in [1.165, 1.54) is 95.3 Å². The normalized spacial score (nSPS) is 17.3. The van der Waals surface area contributed by atoms with E-state index in [0.717, 1.165) is 152 Å². The van der Waals surface area contributed by atoms with Gasteiger partial charge in [-0.25, -0.2) is 19.9 Å². The lowest BCUT2D eigenvalue weighted by atomic mass is 9.78. The van der Waals surface area contributed by atoms with Crippen molar-refractivity contribution in [3.8, 4) is 11.5 Å². The summed E-state index contributed by atoms with van der Waals surface area (Å²) < 4.78 is 122. The number of halogens is 6. The lowest BCUT2D eigenvalue weighted by Gasteiger charge is -2.39. The van der Waals surface area contributed by atoms with Gasteiger partial charge < -0.3 is 39.7 Å². The number of aromatic nitrogens is 4. The number of aliphatic imine (C=N–C) groups is 2. The van der Waals surface area contributed by atoms with Crippen LogP contribution in [0, 0.1) is 10.8 Å². The average Bonchev–Trinajstić information content (AvgIpc) is 1.72. The van der Waals surface area contributed by atoms with Gasteiger partial charge in [-0.3, -0.25) is 9.98 Å². The first kappa shape index (κ1) is 88.7. The van der Waals surface area contributed by atoms with Gasteiger partial charge >= 0.3 is 30.7 Å². The Hall–Kier alpha value is -8.07. The van der Waals surface area contributed by atoms with Crippen LogP contribution in [0.15, 0.2) is 186 Å². The Morgan fingerprint density at radius 1 is 0.462 bits per heavy atom. The van der Waals surface area contributed by atoms with Crippen LogP contribution in [0.2, 0.25) is 0 Å². The highest BCUT2D eigenvalue weighted by Gasteiger charge is 2.36. The number of fused-ring (bicyclic) bond motifs is 7. The minimum atomic E-state index is -4.79. The van der Waals surface area contributed by atoms with E-state index in [1.54, 1.807) is 49.7 Å². The van der Waals surface area contributed by atoms with Crippen molar-refractivity contribution in [1.29, 1.82) is 0 Å². The van der Waals surface area contributed by atoms with Gasteiger partial charge in [-0.1, -0.05) is 126 Å². The Bertz CT molecular complexity index is 5530. The molecule has 9 heterocycles. The minimum absolute atomic E-state index is 0.130. The van der Waals surface area contributed by atoms with Crippen LogP contribution in [0.4, 0.5) is 40.4 Å². The molecule has 0 bridgehead atoms. The summed E-state index contributed by atoms with van der Waals surface area (Å²) in [6.07, 6.45) is 23.3. The number of aryl methyl sites for hydroxylation is 2. The summed E-state index contributed by atoms with van der Waals surface area (Å²) >= 11 is 9.49. The van der Waals surface area contributed by atoms with Crippen molar-refractivity contribution in [2.24, 2.45) is 26.5 Å². The highest BCUT2D eigenvalue weighted by Crippen LogP contribution is 2.41. The van der Waals surface area contributed by atoms with Crippen LogP contribution >= 0.6 is 54.5 Å². The first-order chi connectivity index (χ1) is 57.1. The van der Waals surface area contributed by atoms with Gasteiger partial charge in [0.2, 0.25) is 0 Å². The second-order valence-electron chi connectivity index (χ2n) is 32.2. The van der Waals surface area contributed by atoms with Crippen molar-refractivity contribution in [2.75, 3.05) is 91.1 Å². The van der Waals surface area contributed by atoms with Crippen LogP contribution in [-0.2, 0) is 102 Å². The summed E-state index contributed by atoms with van der Waals surface area (Å²) in [7, 11) is -10.7. The van der Waals surface area contributed by atoms with Gasteiger partial charge in [0.1, 0.15) is 52.9 Å². The van der Waals surface area contributed by atoms with E-state index in [4.69, 9.17) is 30.2 Å². The quantitative estimate of drug-likeness (QED) is 0.0833. The summed E-state index contributed by atoms with van der Waals surface area (Å²) in [4.78, 5) is 38.4. The first-order valence-electron chi connectivity index (χ1n) is 41.1. The SMILES string of the molecule is Brc1cccc2c1CCCC2.CC1(CN)CCN(c2cnc3c(n2)CN=C3N2CCCc3c2cccc3S(=O)(=O)F)CC1.CCC1(C)CCN(c2cnc3c(n2)CN=C3I)CC1.COc1ccc(CN2CCCc3c(Br)cccc32)cc1.COc1ccc(CN2CCCc3c2cccc3S(=O)(=O)F)cc1.O=S(=O)(F)c1cccc2c1CCCC2. The summed E-state index contributed by atoms with van der Waals surface area (Å²) in [6.45, 7) is 16.9. The predicted molar refractivity (Wildman–Crippen MR) is 483 cm³/mol. The second-order valence-corrected chi connectivity index (χ2v) is 38.9. The molecule has 0 atom stereocenters. The number of nitrogens with two attached hydrogens (primary N) is 1. The third-order valence-corrected chi connectivity index (χ3v) is 29.4. The predicted octanol–water partition coefficient (Wildman–Crippen LogP) is 18.9. The lowest BCUT2D eigenvalue weighted by molar-refractivity contribution is 0.237. The summed E-state index contributed by atoms with van der Waals surface area (Å²) in [5.74, 6) is 4.25. The second kappa shape index (κ2) is 39.4. The fraction of sp³-hybridized carbons (Fsp3) is 0.422. The number of hydrogen-bond donors (Lipinski definition) is 1. The molecule has 2 saturated heterocycles. The Morgan fingerprint density at radius 3 is 1.38 bits per heavy atom. The standard InChI is InChI=1S/C22H27FN6O2S.C17H18BrNO.C17H18FNO3S.C14H19IN4.C10H11Br.C10H11FO2S/c1-22(14-24)7-10-28(11-8-22)19-13-25-20-16(27-19)12-26-21(20)29-9-3-4-15-17(29)5-2-6-18(15)32(23,30)31;1-20-14-9-7-13(8-10-14)12-19-11-3-4-15-16(18)5-2-6-17(15)19;1-22-14-9-7-13(8-10-14)12-19-11-3-4-15-16(19)5-2-6-17(15)23(18,20)21;1-3-14(2)4-6-19(7-5-14)11-9-16-12-10(18-11)8-17-13(12)15;11-10-7-3-5-8-4-1-2-6-9(8)10;11-14(12,13)10-7-3-5-8-4-1-2-6-9(8)10/h2,5-6,13H,3-4,7-12,14,24H2,1H3;2,5-10H,3-4,11-12H2,1H3;2,5-10H,3-4,11-12H2,1H3;9H,3-8H2,1-2H3;3,5,7H,1-2,4,6H2;3,5,7H,1-2,4,6H2. The third kappa shape index (κ3) is 21.9. The van der Waals surface area contributed by atoms with Crippen molar-refractivity contribution in [3.05, 3.63) is 234 Å².